The number of aromatic nitrogens is 2. The minimum Gasteiger partial charge on any atom is -0.378 e. The molecule has 1 amide bonds. The van der Waals surface area contributed by atoms with E-state index in [1.165, 1.54) is 31.6 Å². The highest BCUT2D eigenvalue weighted by molar-refractivity contribution is 7.89. The van der Waals surface area contributed by atoms with Crippen molar-refractivity contribution in [3.63, 3.8) is 0 Å². The van der Waals surface area contributed by atoms with Crippen molar-refractivity contribution in [1.29, 1.82) is 5.26 Å². The molecule has 1 fully saturated rings. The normalized spacial score (nSPS) is 14.3. The highest BCUT2D eigenvalue weighted by Gasteiger charge is 2.38. The molecule has 0 unspecified atom stereocenters. The van der Waals surface area contributed by atoms with Crippen molar-refractivity contribution in [2.24, 2.45) is 0 Å². The molecular formula is C39H34N6O6S2. The number of carbonyl (C=O) groups excluding carboxylic acids is 1. The fourth-order valence-electron chi connectivity index (χ4n) is 6.48. The molecule has 14 heteroatoms. The number of sulfonamides is 1. The number of nitrogens with zero attached hydrogens (tertiary/aromatic N) is 6. The van der Waals surface area contributed by atoms with Crippen LogP contribution in [0.1, 0.15) is 11.1 Å². The van der Waals surface area contributed by atoms with Crippen LogP contribution in [0.2, 0.25) is 0 Å². The van der Waals surface area contributed by atoms with Gasteiger partial charge in [-0.3, -0.25) is 4.79 Å². The zero-order valence-corrected chi connectivity index (χ0v) is 30.2. The average Bonchev–Trinajstić information content (AvgIpc) is 3.19. The van der Waals surface area contributed by atoms with Gasteiger partial charge in [-0.1, -0.05) is 60.7 Å². The SMILES string of the molecule is CN([C@@H](Cc1ccc(OS(=O)(=O)c2nccc3ccccc23)cc1)C(=O)N1CCN(c2ccc(C#N)cc2)CC1)S(=O)(=O)c1nccc2ccccc12. The lowest BCUT2D eigenvalue weighted by atomic mass is 10.0. The second-order valence-corrected chi connectivity index (χ2v) is 15.9. The maximum atomic E-state index is 14.4. The molecule has 0 spiro atoms. The number of pyridine rings is 2. The summed E-state index contributed by atoms with van der Waals surface area (Å²) in [5, 5.41) is 11.1. The van der Waals surface area contributed by atoms with E-state index in [1.54, 1.807) is 83.8 Å². The predicted molar refractivity (Wildman–Crippen MR) is 200 cm³/mol. The number of piperazine rings is 1. The predicted octanol–water partition coefficient (Wildman–Crippen LogP) is 5.00. The molecule has 4 aromatic carbocycles. The third-order valence-electron chi connectivity index (χ3n) is 9.37. The third-order valence-corrected chi connectivity index (χ3v) is 12.4. The first-order chi connectivity index (χ1) is 25.5. The van der Waals surface area contributed by atoms with E-state index in [2.05, 4.69) is 20.9 Å². The van der Waals surface area contributed by atoms with E-state index in [4.69, 9.17) is 9.44 Å². The quantitative estimate of drug-likeness (QED) is 0.175. The molecule has 268 valence electrons. The van der Waals surface area contributed by atoms with Crippen LogP contribution in [0.25, 0.3) is 21.5 Å². The lowest BCUT2D eigenvalue weighted by Crippen LogP contribution is -2.56. The number of rotatable bonds is 10. The van der Waals surface area contributed by atoms with Crippen molar-refractivity contribution in [3.05, 3.63) is 133 Å². The Morgan fingerprint density at radius 1 is 0.774 bits per heavy atom. The highest BCUT2D eigenvalue weighted by Crippen LogP contribution is 2.28. The third kappa shape index (κ3) is 7.27. The second kappa shape index (κ2) is 14.6. The summed E-state index contributed by atoms with van der Waals surface area (Å²) in [7, 11) is -7.20. The van der Waals surface area contributed by atoms with Gasteiger partial charge in [-0.25, -0.2) is 18.4 Å². The second-order valence-electron chi connectivity index (χ2n) is 12.6. The van der Waals surface area contributed by atoms with Crippen LogP contribution >= 0.6 is 0 Å². The summed E-state index contributed by atoms with van der Waals surface area (Å²) in [4.78, 5) is 26.5. The number of amides is 1. The molecule has 1 aliphatic heterocycles. The summed E-state index contributed by atoms with van der Waals surface area (Å²) in [6, 6.07) is 31.8. The smallest absolute Gasteiger partial charge is 0.357 e. The standard InChI is InChI=1S/C39H34N6O6S2/c1-43(52(47,48)37-34-8-4-2-6-30(34)18-20-41-37)36(39(46)45-24-22-44(23-25-45)32-14-10-29(27-40)11-15-32)26-28-12-16-33(17-13-28)51-53(49,50)38-35-9-5-3-7-31(35)19-21-42-38/h2-21,36H,22-26H2,1H3/t36-/m0/s1. The van der Waals surface area contributed by atoms with Crippen LogP contribution in [0.15, 0.2) is 132 Å². The Balaban J connectivity index is 1.15. The fraction of sp³-hybridized carbons (Fsp3) is 0.179. The molecule has 1 aliphatic rings. The zero-order valence-electron chi connectivity index (χ0n) is 28.6. The zero-order chi connectivity index (χ0) is 37.2. The van der Waals surface area contributed by atoms with Crippen molar-refractivity contribution >= 4 is 53.3 Å². The van der Waals surface area contributed by atoms with Gasteiger partial charge in [-0.2, -0.15) is 18.0 Å². The first kappa shape index (κ1) is 35.5. The number of nitriles is 1. The molecule has 0 aliphatic carbocycles. The molecule has 0 saturated carbocycles. The van der Waals surface area contributed by atoms with Crippen molar-refractivity contribution in [2.45, 2.75) is 22.5 Å². The largest absolute Gasteiger partial charge is 0.378 e. The van der Waals surface area contributed by atoms with Crippen molar-refractivity contribution in [3.8, 4) is 11.8 Å². The molecule has 0 radical (unpaired) electrons. The van der Waals surface area contributed by atoms with Crippen molar-refractivity contribution < 1.29 is 25.8 Å². The van der Waals surface area contributed by atoms with Crippen LogP contribution in [-0.2, 0) is 31.4 Å². The van der Waals surface area contributed by atoms with E-state index in [1.807, 2.05) is 18.2 Å². The van der Waals surface area contributed by atoms with Crippen LogP contribution in [0.5, 0.6) is 5.75 Å². The van der Waals surface area contributed by atoms with Gasteiger partial charge in [0.2, 0.25) is 10.9 Å². The average molecular weight is 747 g/mol. The topological polar surface area (TPSA) is 154 Å². The first-order valence-corrected chi connectivity index (χ1v) is 19.6. The van der Waals surface area contributed by atoms with E-state index < -0.39 is 26.2 Å². The van der Waals surface area contributed by atoms with E-state index in [-0.39, 0.29) is 28.1 Å². The number of likely N-dealkylation sites (N-methyl/N-ethyl adjacent to an activating group) is 1. The van der Waals surface area contributed by atoms with Gasteiger partial charge in [0.15, 0.2) is 5.03 Å². The van der Waals surface area contributed by atoms with Gasteiger partial charge in [-0.15, -0.1) is 0 Å². The molecule has 12 nitrogen and oxygen atoms in total. The molecule has 7 rings (SSSR count). The number of carbonyl (C=O) groups is 1. The molecular weight excluding hydrogens is 713 g/mol. The molecule has 0 N–H and O–H groups in total. The lowest BCUT2D eigenvalue weighted by molar-refractivity contribution is -0.135. The summed E-state index contributed by atoms with van der Waals surface area (Å²) in [5.41, 5.74) is 2.06. The fourth-order valence-corrected chi connectivity index (χ4v) is 9.00. The van der Waals surface area contributed by atoms with Crippen LogP contribution in [0, 0.1) is 11.3 Å². The van der Waals surface area contributed by atoms with Gasteiger partial charge in [0.1, 0.15) is 11.8 Å². The molecule has 3 heterocycles. The molecule has 0 bridgehead atoms. The summed E-state index contributed by atoms with van der Waals surface area (Å²) in [6.07, 6.45) is 2.83. The van der Waals surface area contributed by atoms with Gasteiger partial charge < -0.3 is 14.0 Å². The summed E-state index contributed by atoms with van der Waals surface area (Å²) in [6.45, 7) is 1.72. The Bertz CT molecular complexity index is 2560. The number of fused-ring (bicyclic) bond motifs is 2. The van der Waals surface area contributed by atoms with Gasteiger partial charge >= 0.3 is 10.1 Å². The number of hydrogen-bond acceptors (Lipinski definition) is 10. The van der Waals surface area contributed by atoms with E-state index in [0.29, 0.717) is 58.9 Å². The van der Waals surface area contributed by atoms with E-state index >= 15 is 0 Å². The molecule has 2 aromatic heterocycles. The minimum atomic E-state index is -4.30. The Kier molecular flexibility index (Phi) is 9.80. The summed E-state index contributed by atoms with van der Waals surface area (Å²) < 4.78 is 61.6. The Morgan fingerprint density at radius 2 is 1.34 bits per heavy atom. The minimum absolute atomic E-state index is 0.00687. The number of benzene rings is 4. The van der Waals surface area contributed by atoms with E-state index in [0.717, 1.165) is 9.99 Å². The summed E-state index contributed by atoms with van der Waals surface area (Å²) >= 11 is 0. The first-order valence-electron chi connectivity index (χ1n) is 16.8. The van der Waals surface area contributed by atoms with Crippen molar-refractivity contribution in [1.82, 2.24) is 19.2 Å². The Morgan fingerprint density at radius 3 is 1.94 bits per heavy atom. The Hall–Kier alpha value is -5.88. The van der Waals surface area contributed by atoms with Gasteiger partial charge in [0.25, 0.3) is 10.0 Å². The van der Waals surface area contributed by atoms with Crippen LogP contribution in [0.4, 0.5) is 5.69 Å². The number of anilines is 1. The highest BCUT2D eigenvalue weighted by atomic mass is 32.2. The maximum Gasteiger partial charge on any atom is 0.357 e. The van der Waals surface area contributed by atoms with E-state index in [9.17, 15) is 21.6 Å². The maximum absolute atomic E-state index is 14.4. The summed E-state index contributed by atoms with van der Waals surface area (Å²) in [5.74, 6) is -0.341. The molecule has 1 saturated heterocycles. The lowest BCUT2D eigenvalue weighted by Gasteiger charge is -2.39. The monoisotopic (exact) mass is 746 g/mol. The van der Waals surface area contributed by atoms with Crippen molar-refractivity contribution in [2.75, 3.05) is 38.1 Å². The van der Waals surface area contributed by atoms with Crippen LogP contribution < -0.4 is 9.08 Å². The van der Waals surface area contributed by atoms with Crippen LogP contribution in [-0.4, -0.2) is 81.2 Å². The van der Waals surface area contributed by atoms with Crippen LogP contribution in [0.3, 0.4) is 0 Å². The molecule has 6 aromatic rings. The van der Waals surface area contributed by atoms with Gasteiger partial charge in [0.05, 0.1) is 11.6 Å². The Labute approximate surface area is 307 Å². The molecule has 53 heavy (non-hydrogen) atoms. The molecule has 1 atom stereocenters. The number of hydrogen-bond donors (Lipinski definition) is 0. The van der Waals surface area contributed by atoms with Gasteiger partial charge in [0, 0.05) is 62.1 Å². The van der Waals surface area contributed by atoms with Gasteiger partial charge in [-0.05, 0) is 71.3 Å².